The van der Waals surface area contributed by atoms with Gasteiger partial charge in [0.05, 0.1) is 0 Å². The molecule has 0 radical (unpaired) electrons. The van der Waals surface area contributed by atoms with Gasteiger partial charge in [-0.25, -0.2) is 9.97 Å². The number of hydrogen-bond acceptors (Lipinski definition) is 5. The summed E-state index contributed by atoms with van der Waals surface area (Å²) in [6.45, 7) is 10.3. The van der Waals surface area contributed by atoms with Crippen LogP contribution in [0.1, 0.15) is 44.9 Å². The Bertz CT molecular complexity index is 766. The minimum Gasteiger partial charge on any atom is -0.369 e. The lowest BCUT2D eigenvalue weighted by atomic mass is 10.1. The highest BCUT2D eigenvalue weighted by atomic mass is 15.2. The van der Waals surface area contributed by atoms with Gasteiger partial charge in [-0.2, -0.15) is 0 Å². The van der Waals surface area contributed by atoms with Gasteiger partial charge >= 0.3 is 0 Å². The van der Waals surface area contributed by atoms with Gasteiger partial charge in [-0.1, -0.05) is 0 Å². The standard InChI is InChI=1S/C21H29N5/c1-21(2,3)26-11-9-15(14-26)12-23-20-17-7-4-8-18(17)24-19(25-20)16-6-5-10-22-13-16/h5-6,10,13,15H,4,7-9,11-12,14H2,1-3H3,(H,23,24,25). The Morgan fingerprint density at radius 3 is 2.85 bits per heavy atom. The van der Waals surface area contributed by atoms with E-state index in [1.165, 1.54) is 37.2 Å². The third-order valence-electron chi connectivity index (χ3n) is 5.65. The summed E-state index contributed by atoms with van der Waals surface area (Å²) in [6.07, 6.45) is 8.21. The highest BCUT2D eigenvalue weighted by Crippen LogP contribution is 2.30. The van der Waals surface area contributed by atoms with Crippen LogP contribution in [0.4, 0.5) is 5.82 Å². The van der Waals surface area contributed by atoms with Gasteiger partial charge in [0.25, 0.3) is 0 Å². The summed E-state index contributed by atoms with van der Waals surface area (Å²) in [6, 6.07) is 3.98. The van der Waals surface area contributed by atoms with E-state index in [0.29, 0.717) is 5.92 Å². The Labute approximate surface area is 156 Å². The first kappa shape index (κ1) is 17.4. The first-order valence-electron chi connectivity index (χ1n) is 9.80. The van der Waals surface area contributed by atoms with Crippen molar-refractivity contribution in [2.24, 2.45) is 5.92 Å². The fraction of sp³-hybridized carbons (Fsp3) is 0.571. The van der Waals surface area contributed by atoms with Crippen LogP contribution < -0.4 is 5.32 Å². The van der Waals surface area contributed by atoms with E-state index in [4.69, 9.17) is 9.97 Å². The maximum Gasteiger partial charge on any atom is 0.163 e. The number of anilines is 1. The minimum atomic E-state index is 0.262. The van der Waals surface area contributed by atoms with Crippen molar-refractivity contribution >= 4 is 5.82 Å². The van der Waals surface area contributed by atoms with Gasteiger partial charge in [-0.15, -0.1) is 0 Å². The first-order chi connectivity index (χ1) is 12.5. The van der Waals surface area contributed by atoms with Crippen LogP contribution in [0.3, 0.4) is 0 Å². The van der Waals surface area contributed by atoms with Crippen molar-refractivity contribution < 1.29 is 0 Å². The molecule has 26 heavy (non-hydrogen) atoms. The van der Waals surface area contributed by atoms with Crippen molar-refractivity contribution in [2.45, 2.75) is 52.0 Å². The monoisotopic (exact) mass is 351 g/mol. The lowest BCUT2D eigenvalue weighted by Crippen LogP contribution is -2.39. The Morgan fingerprint density at radius 1 is 1.23 bits per heavy atom. The molecule has 0 saturated carbocycles. The largest absolute Gasteiger partial charge is 0.369 e. The zero-order valence-corrected chi connectivity index (χ0v) is 16.1. The van der Waals surface area contributed by atoms with E-state index in [2.05, 4.69) is 36.0 Å². The average molecular weight is 351 g/mol. The van der Waals surface area contributed by atoms with Gasteiger partial charge in [-0.3, -0.25) is 9.88 Å². The van der Waals surface area contributed by atoms with Gasteiger partial charge in [-0.05, 0) is 71.0 Å². The third kappa shape index (κ3) is 3.58. The molecule has 1 unspecified atom stereocenters. The van der Waals surface area contributed by atoms with Gasteiger partial charge in [0, 0.05) is 47.8 Å². The molecule has 5 heteroatoms. The second kappa shape index (κ2) is 6.95. The van der Waals surface area contributed by atoms with Crippen molar-refractivity contribution in [1.82, 2.24) is 19.9 Å². The molecule has 1 aliphatic carbocycles. The molecule has 2 aromatic heterocycles. The Hall–Kier alpha value is -2.01. The molecule has 1 atom stereocenters. The topological polar surface area (TPSA) is 53.9 Å². The summed E-state index contributed by atoms with van der Waals surface area (Å²) in [7, 11) is 0. The number of pyridine rings is 1. The SMILES string of the molecule is CC(C)(C)N1CCC(CNc2nc(-c3cccnc3)nc3c2CCC3)C1. The summed E-state index contributed by atoms with van der Waals surface area (Å²) in [5.41, 5.74) is 3.79. The first-order valence-corrected chi connectivity index (χ1v) is 9.80. The number of likely N-dealkylation sites (tertiary alicyclic amines) is 1. The van der Waals surface area contributed by atoms with Gasteiger partial charge in [0.1, 0.15) is 5.82 Å². The number of rotatable bonds is 4. The van der Waals surface area contributed by atoms with E-state index >= 15 is 0 Å². The minimum absolute atomic E-state index is 0.262. The van der Waals surface area contributed by atoms with Gasteiger partial charge in [0.2, 0.25) is 0 Å². The van der Waals surface area contributed by atoms with Gasteiger partial charge in [0.15, 0.2) is 5.82 Å². The van der Waals surface area contributed by atoms with Crippen LogP contribution in [0.5, 0.6) is 0 Å². The molecule has 1 fully saturated rings. The molecule has 4 rings (SSSR count). The van der Waals surface area contributed by atoms with Crippen molar-refractivity contribution in [3.8, 4) is 11.4 Å². The third-order valence-corrected chi connectivity index (χ3v) is 5.65. The van der Waals surface area contributed by atoms with Crippen LogP contribution in [0.25, 0.3) is 11.4 Å². The number of aromatic nitrogens is 3. The summed E-state index contributed by atoms with van der Waals surface area (Å²) in [5, 5.41) is 3.67. The fourth-order valence-electron chi connectivity index (χ4n) is 4.05. The Morgan fingerprint density at radius 2 is 2.12 bits per heavy atom. The van der Waals surface area contributed by atoms with Crippen molar-refractivity contribution in [3.63, 3.8) is 0 Å². The number of nitrogens with one attached hydrogen (secondary N) is 1. The molecule has 2 aromatic rings. The number of aryl methyl sites for hydroxylation is 1. The average Bonchev–Trinajstić information content (AvgIpc) is 3.29. The molecule has 5 nitrogen and oxygen atoms in total. The van der Waals surface area contributed by atoms with Crippen LogP contribution in [-0.2, 0) is 12.8 Å². The highest BCUT2D eigenvalue weighted by molar-refractivity contribution is 5.59. The van der Waals surface area contributed by atoms with E-state index in [1.54, 1.807) is 6.20 Å². The molecular weight excluding hydrogens is 322 g/mol. The summed E-state index contributed by atoms with van der Waals surface area (Å²) in [4.78, 5) is 16.5. The van der Waals surface area contributed by atoms with Crippen LogP contribution in [0.2, 0.25) is 0 Å². The Kier molecular flexibility index (Phi) is 4.65. The van der Waals surface area contributed by atoms with Crippen molar-refractivity contribution in [1.29, 1.82) is 0 Å². The number of fused-ring (bicyclic) bond motifs is 1. The van der Waals surface area contributed by atoms with E-state index in [1.807, 2.05) is 18.3 Å². The van der Waals surface area contributed by atoms with E-state index < -0.39 is 0 Å². The molecule has 0 aromatic carbocycles. The number of hydrogen-bond donors (Lipinski definition) is 1. The maximum absolute atomic E-state index is 4.87. The number of nitrogens with zero attached hydrogens (tertiary/aromatic N) is 4. The van der Waals surface area contributed by atoms with E-state index in [-0.39, 0.29) is 5.54 Å². The molecule has 0 spiro atoms. The second-order valence-electron chi connectivity index (χ2n) is 8.57. The normalized spacial score (nSPS) is 20.3. The van der Waals surface area contributed by atoms with Crippen LogP contribution >= 0.6 is 0 Å². The van der Waals surface area contributed by atoms with E-state index in [0.717, 1.165) is 36.6 Å². The molecule has 2 aliphatic rings. The summed E-state index contributed by atoms with van der Waals surface area (Å²) in [5.74, 6) is 2.52. The predicted octanol–water partition coefficient (Wildman–Crippen LogP) is 3.56. The lowest BCUT2D eigenvalue weighted by Gasteiger charge is -2.31. The molecule has 0 bridgehead atoms. The smallest absolute Gasteiger partial charge is 0.163 e. The second-order valence-corrected chi connectivity index (χ2v) is 8.57. The molecule has 1 saturated heterocycles. The zero-order chi connectivity index (χ0) is 18.1. The molecule has 138 valence electrons. The summed E-state index contributed by atoms with van der Waals surface area (Å²) < 4.78 is 0. The Balaban J connectivity index is 1.51. The highest BCUT2D eigenvalue weighted by Gasteiger charge is 2.30. The zero-order valence-electron chi connectivity index (χ0n) is 16.1. The van der Waals surface area contributed by atoms with Crippen LogP contribution in [0.15, 0.2) is 24.5 Å². The molecule has 0 amide bonds. The van der Waals surface area contributed by atoms with Crippen molar-refractivity contribution in [3.05, 3.63) is 35.8 Å². The fourth-order valence-corrected chi connectivity index (χ4v) is 4.05. The molecule has 1 N–H and O–H groups in total. The lowest BCUT2D eigenvalue weighted by molar-refractivity contribution is 0.169. The van der Waals surface area contributed by atoms with Crippen LogP contribution in [0, 0.1) is 5.92 Å². The molecule has 3 heterocycles. The maximum atomic E-state index is 4.87. The quantitative estimate of drug-likeness (QED) is 0.913. The van der Waals surface area contributed by atoms with Crippen LogP contribution in [-0.4, -0.2) is 45.0 Å². The predicted molar refractivity (Wildman–Crippen MR) is 105 cm³/mol. The molecule has 1 aliphatic heterocycles. The summed E-state index contributed by atoms with van der Waals surface area (Å²) >= 11 is 0. The molecular formula is C21H29N5. The van der Waals surface area contributed by atoms with Gasteiger partial charge < -0.3 is 5.32 Å². The van der Waals surface area contributed by atoms with Crippen molar-refractivity contribution in [2.75, 3.05) is 25.0 Å². The van der Waals surface area contributed by atoms with E-state index in [9.17, 15) is 0 Å².